The van der Waals surface area contributed by atoms with Crippen molar-refractivity contribution in [3.05, 3.63) is 39.3 Å². The monoisotopic (exact) mass is 326 g/mol. The van der Waals surface area contributed by atoms with Crippen molar-refractivity contribution < 1.29 is 13.2 Å². The van der Waals surface area contributed by atoms with Gasteiger partial charge in [0.2, 0.25) is 10.0 Å². The summed E-state index contributed by atoms with van der Waals surface area (Å²) in [4.78, 5) is 13.9. The molecule has 1 aromatic heterocycles. The number of ether oxygens (including phenoxy) is 1. The zero-order chi connectivity index (χ0) is 14.9. The molecule has 6 nitrogen and oxygen atoms in total. The predicted octanol–water partition coefficient (Wildman–Crippen LogP) is 1.17. The summed E-state index contributed by atoms with van der Waals surface area (Å²) < 4.78 is 32.5. The smallest absolute Gasteiger partial charge is 0.304 e. The summed E-state index contributed by atoms with van der Waals surface area (Å²) in [6, 6.07) is 6.32. The Morgan fingerprint density at radius 2 is 2.24 bits per heavy atom. The third-order valence-electron chi connectivity index (χ3n) is 3.23. The van der Waals surface area contributed by atoms with Crippen LogP contribution in [0.1, 0.15) is 6.42 Å². The van der Waals surface area contributed by atoms with Crippen LogP contribution in [0.4, 0.5) is 0 Å². The molecule has 1 aliphatic heterocycles. The molecule has 1 aliphatic rings. The summed E-state index contributed by atoms with van der Waals surface area (Å²) in [5.41, 5.74) is 1.28. The lowest BCUT2D eigenvalue weighted by atomic mass is 10.2. The van der Waals surface area contributed by atoms with Crippen LogP contribution in [0.5, 0.6) is 0 Å². The third kappa shape index (κ3) is 3.24. The van der Waals surface area contributed by atoms with E-state index in [1.54, 1.807) is 23.6 Å². The Balaban J connectivity index is 1.89. The second-order valence-electron chi connectivity index (χ2n) is 4.77. The van der Waals surface area contributed by atoms with E-state index in [1.165, 1.54) is 6.07 Å². The molecule has 1 fully saturated rings. The maximum atomic E-state index is 12.3. The SMILES string of the molecule is O=c1[nH]c(-c2cccc(S(=O)(=O)NC3CCOC3)c2)cs1. The molecule has 0 radical (unpaired) electrons. The zero-order valence-corrected chi connectivity index (χ0v) is 12.7. The van der Waals surface area contributed by atoms with Crippen molar-refractivity contribution in [1.29, 1.82) is 0 Å². The van der Waals surface area contributed by atoms with E-state index in [2.05, 4.69) is 9.71 Å². The molecule has 2 N–H and O–H groups in total. The largest absolute Gasteiger partial charge is 0.380 e. The third-order valence-corrected chi connectivity index (χ3v) is 5.42. The van der Waals surface area contributed by atoms with Gasteiger partial charge in [0.15, 0.2) is 0 Å². The highest BCUT2D eigenvalue weighted by atomic mass is 32.2. The van der Waals surface area contributed by atoms with Gasteiger partial charge in [-0.3, -0.25) is 4.79 Å². The van der Waals surface area contributed by atoms with Crippen LogP contribution in [0.3, 0.4) is 0 Å². The van der Waals surface area contributed by atoms with Gasteiger partial charge in [-0.25, -0.2) is 13.1 Å². The van der Waals surface area contributed by atoms with Crippen LogP contribution in [-0.2, 0) is 14.8 Å². The van der Waals surface area contributed by atoms with Gasteiger partial charge in [-0.05, 0) is 18.6 Å². The molecule has 21 heavy (non-hydrogen) atoms. The normalized spacial score (nSPS) is 19.0. The molecule has 0 spiro atoms. The fourth-order valence-electron chi connectivity index (χ4n) is 2.17. The molecule has 112 valence electrons. The van der Waals surface area contributed by atoms with Crippen molar-refractivity contribution in [1.82, 2.24) is 9.71 Å². The first-order valence-electron chi connectivity index (χ1n) is 6.43. The van der Waals surface area contributed by atoms with Crippen LogP contribution in [0.15, 0.2) is 39.3 Å². The highest BCUT2D eigenvalue weighted by Crippen LogP contribution is 2.21. The van der Waals surface area contributed by atoms with E-state index in [0.29, 0.717) is 30.9 Å². The average molecular weight is 326 g/mol. The van der Waals surface area contributed by atoms with Gasteiger partial charge in [-0.2, -0.15) is 0 Å². The number of thiazole rings is 1. The number of sulfonamides is 1. The van der Waals surface area contributed by atoms with Crippen LogP contribution in [-0.4, -0.2) is 32.7 Å². The van der Waals surface area contributed by atoms with Crippen LogP contribution < -0.4 is 9.60 Å². The number of hydrogen-bond acceptors (Lipinski definition) is 5. The van der Waals surface area contributed by atoms with Crippen LogP contribution >= 0.6 is 11.3 Å². The fraction of sp³-hybridized carbons (Fsp3) is 0.308. The zero-order valence-electron chi connectivity index (χ0n) is 11.0. The van der Waals surface area contributed by atoms with E-state index in [9.17, 15) is 13.2 Å². The molecule has 2 heterocycles. The van der Waals surface area contributed by atoms with Crippen molar-refractivity contribution in [2.24, 2.45) is 0 Å². The van der Waals surface area contributed by atoms with Crippen molar-refractivity contribution in [3.63, 3.8) is 0 Å². The average Bonchev–Trinajstić information content (AvgIpc) is 3.10. The summed E-state index contributed by atoms with van der Waals surface area (Å²) in [5, 5.41) is 1.67. The first-order valence-corrected chi connectivity index (χ1v) is 8.79. The number of nitrogens with one attached hydrogen (secondary N) is 2. The van der Waals surface area contributed by atoms with Gasteiger partial charge in [0, 0.05) is 23.6 Å². The summed E-state index contributed by atoms with van der Waals surface area (Å²) in [5.74, 6) is 0. The van der Waals surface area contributed by atoms with Crippen LogP contribution in [0.2, 0.25) is 0 Å². The topological polar surface area (TPSA) is 88.3 Å². The number of rotatable bonds is 4. The van der Waals surface area contributed by atoms with E-state index in [4.69, 9.17) is 4.74 Å². The highest BCUT2D eigenvalue weighted by Gasteiger charge is 2.23. The van der Waals surface area contributed by atoms with E-state index in [1.807, 2.05) is 0 Å². The predicted molar refractivity (Wildman–Crippen MR) is 79.9 cm³/mol. The molecular weight excluding hydrogens is 312 g/mol. The minimum Gasteiger partial charge on any atom is -0.380 e. The number of benzene rings is 1. The summed E-state index contributed by atoms with van der Waals surface area (Å²) >= 11 is 1.05. The Morgan fingerprint density at radius 3 is 2.90 bits per heavy atom. The lowest BCUT2D eigenvalue weighted by Gasteiger charge is -2.12. The number of hydrogen-bond donors (Lipinski definition) is 2. The van der Waals surface area contributed by atoms with Crippen molar-refractivity contribution in [2.75, 3.05) is 13.2 Å². The first kappa shape index (κ1) is 14.5. The van der Waals surface area contributed by atoms with Gasteiger partial charge < -0.3 is 9.72 Å². The number of aromatic amines is 1. The van der Waals surface area contributed by atoms with Gasteiger partial charge in [0.1, 0.15) is 0 Å². The minimum absolute atomic E-state index is 0.167. The maximum absolute atomic E-state index is 12.3. The van der Waals surface area contributed by atoms with Gasteiger partial charge in [0.05, 0.1) is 17.2 Å². The summed E-state index contributed by atoms with van der Waals surface area (Å²) in [6.07, 6.45) is 0.677. The standard InChI is InChI=1S/C13H14N2O4S2/c16-13-14-12(8-20-13)9-2-1-3-11(6-9)21(17,18)15-10-4-5-19-7-10/h1-3,6,8,10,15H,4-5,7H2,(H,14,16). The lowest BCUT2D eigenvalue weighted by molar-refractivity contribution is 0.192. The number of aromatic nitrogens is 1. The Morgan fingerprint density at radius 1 is 1.38 bits per heavy atom. The van der Waals surface area contributed by atoms with E-state index < -0.39 is 10.0 Å². The van der Waals surface area contributed by atoms with Crippen molar-refractivity contribution in [3.8, 4) is 11.3 Å². The van der Waals surface area contributed by atoms with Crippen LogP contribution in [0.25, 0.3) is 11.3 Å². The molecule has 0 aliphatic carbocycles. The van der Waals surface area contributed by atoms with Gasteiger partial charge >= 0.3 is 4.87 Å². The quantitative estimate of drug-likeness (QED) is 0.883. The lowest BCUT2D eigenvalue weighted by Crippen LogP contribution is -2.35. The Hall–Kier alpha value is -1.48. The Labute approximate surface area is 125 Å². The molecule has 1 saturated heterocycles. The molecule has 1 atom stereocenters. The van der Waals surface area contributed by atoms with Gasteiger partial charge in [-0.15, -0.1) is 0 Å². The van der Waals surface area contributed by atoms with Gasteiger partial charge in [0.25, 0.3) is 0 Å². The first-order chi connectivity index (χ1) is 10.0. The summed E-state index contributed by atoms with van der Waals surface area (Å²) in [7, 11) is -3.59. The number of H-pyrrole nitrogens is 1. The van der Waals surface area contributed by atoms with Gasteiger partial charge in [-0.1, -0.05) is 23.5 Å². The second kappa shape index (κ2) is 5.72. The molecule has 1 unspecified atom stereocenters. The van der Waals surface area contributed by atoms with Crippen molar-refractivity contribution >= 4 is 21.4 Å². The molecule has 8 heteroatoms. The Kier molecular flexibility index (Phi) is 3.94. The van der Waals surface area contributed by atoms with Crippen LogP contribution in [0, 0.1) is 0 Å². The molecule has 0 bridgehead atoms. The molecule has 0 saturated carbocycles. The minimum atomic E-state index is -3.59. The second-order valence-corrected chi connectivity index (χ2v) is 7.33. The fourth-order valence-corrected chi connectivity index (χ4v) is 4.06. The highest BCUT2D eigenvalue weighted by molar-refractivity contribution is 7.89. The van der Waals surface area contributed by atoms with E-state index in [0.717, 1.165) is 11.3 Å². The van der Waals surface area contributed by atoms with E-state index >= 15 is 0 Å². The maximum Gasteiger partial charge on any atom is 0.304 e. The summed E-state index contributed by atoms with van der Waals surface area (Å²) in [6.45, 7) is 0.972. The molecule has 3 rings (SSSR count). The molecule has 1 aromatic carbocycles. The Bertz CT molecular complexity index is 788. The molecular formula is C13H14N2O4S2. The molecule has 2 aromatic rings. The van der Waals surface area contributed by atoms with E-state index in [-0.39, 0.29) is 15.8 Å². The van der Waals surface area contributed by atoms with Crippen molar-refractivity contribution in [2.45, 2.75) is 17.4 Å². The molecule has 0 amide bonds.